The number of aliphatic hydroxyl groups is 2. The van der Waals surface area contributed by atoms with Gasteiger partial charge in [0.25, 0.3) is 0 Å². The van der Waals surface area contributed by atoms with Crippen molar-refractivity contribution in [3.8, 4) is 0 Å². The fourth-order valence-corrected chi connectivity index (χ4v) is 1.77. The van der Waals surface area contributed by atoms with Crippen molar-refractivity contribution >= 4 is 6.41 Å². The van der Waals surface area contributed by atoms with Crippen molar-refractivity contribution in [2.24, 2.45) is 0 Å². The lowest BCUT2D eigenvalue weighted by Crippen LogP contribution is -2.39. The Morgan fingerprint density at radius 2 is 2.16 bits per heavy atom. The summed E-state index contributed by atoms with van der Waals surface area (Å²) in [5.74, 6) is 0. The molecule has 0 aromatic heterocycles. The van der Waals surface area contributed by atoms with E-state index in [2.05, 4.69) is 0 Å². The summed E-state index contributed by atoms with van der Waals surface area (Å²) in [6.45, 7) is 1.61. The van der Waals surface area contributed by atoms with E-state index in [0.29, 0.717) is 39.2 Å². The Bertz CT molecular complexity index is 252. The molecule has 1 fully saturated rings. The molecule has 1 amide bonds. The van der Waals surface area contributed by atoms with Gasteiger partial charge < -0.3 is 29.3 Å². The van der Waals surface area contributed by atoms with E-state index in [-0.39, 0.29) is 12.7 Å². The van der Waals surface area contributed by atoms with Gasteiger partial charge in [-0.05, 0) is 0 Å². The molecule has 0 aromatic rings. The molecule has 0 saturated carbocycles. The fraction of sp³-hybridized carbons (Fsp3) is 0.917. The maximum absolute atomic E-state index is 10.3. The van der Waals surface area contributed by atoms with Crippen molar-refractivity contribution in [2.75, 3.05) is 40.0 Å². The minimum Gasteiger partial charge on any atom is -0.394 e. The Hall–Kier alpha value is -0.730. The predicted molar refractivity (Wildman–Crippen MR) is 66.5 cm³/mol. The molecule has 0 aromatic carbocycles. The molecule has 1 heterocycles. The number of amides is 1. The van der Waals surface area contributed by atoms with Crippen LogP contribution in [0.5, 0.6) is 0 Å². The molecule has 7 heteroatoms. The highest BCUT2D eigenvalue weighted by atomic mass is 16.7. The Morgan fingerprint density at radius 3 is 2.84 bits per heavy atom. The van der Waals surface area contributed by atoms with Crippen LogP contribution in [0.15, 0.2) is 0 Å². The molecular weight excluding hydrogens is 254 g/mol. The topological polar surface area (TPSA) is 88.5 Å². The summed E-state index contributed by atoms with van der Waals surface area (Å²) < 4.78 is 16.1. The molecule has 112 valence electrons. The Morgan fingerprint density at radius 1 is 1.37 bits per heavy atom. The van der Waals surface area contributed by atoms with Crippen LogP contribution in [0.2, 0.25) is 0 Å². The van der Waals surface area contributed by atoms with Gasteiger partial charge in [0.05, 0.1) is 38.6 Å². The normalized spacial score (nSPS) is 27.2. The van der Waals surface area contributed by atoms with Crippen molar-refractivity contribution in [3.05, 3.63) is 0 Å². The molecule has 0 spiro atoms. The lowest BCUT2D eigenvalue weighted by Gasteiger charge is -2.31. The van der Waals surface area contributed by atoms with Crippen LogP contribution in [0, 0.1) is 0 Å². The van der Waals surface area contributed by atoms with Crippen molar-refractivity contribution in [1.82, 2.24) is 4.90 Å². The summed E-state index contributed by atoms with van der Waals surface area (Å²) in [6.07, 6.45) is 0.220. The average Bonchev–Trinajstić information content (AvgIpc) is 2.41. The zero-order valence-corrected chi connectivity index (χ0v) is 11.2. The highest BCUT2D eigenvalue weighted by Gasteiger charge is 2.28. The molecule has 2 N–H and O–H groups in total. The minimum atomic E-state index is -0.502. The first-order valence-electron chi connectivity index (χ1n) is 6.45. The number of hydrogen-bond donors (Lipinski definition) is 2. The third-order valence-electron chi connectivity index (χ3n) is 2.85. The van der Waals surface area contributed by atoms with Crippen molar-refractivity contribution in [3.63, 3.8) is 0 Å². The molecule has 1 aliphatic rings. The van der Waals surface area contributed by atoms with Crippen molar-refractivity contribution < 1.29 is 29.2 Å². The van der Waals surface area contributed by atoms with Gasteiger partial charge in [-0.3, -0.25) is 4.79 Å². The molecule has 19 heavy (non-hydrogen) atoms. The molecule has 0 aliphatic carbocycles. The summed E-state index contributed by atoms with van der Waals surface area (Å²) in [5, 5.41) is 18.6. The quantitative estimate of drug-likeness (QED) is 0.414. The number of hydrogen-bond acceptors (Lipinski definition) is 6. The molecule has 1 rings (SSSR count). The van der Waals surface area contributed by atoms with E-state index in [1.54, 1.807) is 7.05 Å². The van der Waals surface area contributed by atoms with Gasteiger partial charge in [0.2, 0.25) is 6.41 Å². The number of carbonyl (C=O) groups is 1. The molecule has 1 aliphatic heterocycles. The van der Waals surface area contributed by atoms with Crippen LogP contribution < -0.4 is 0 Å². The third-order valence-corrected chi connectivity index (χ3v) is 2.85. The van der Waals surface area contributed by atoms with Crippen LogP contribution in [0.1, 0.15) is 12.8 Å². The van der Waals surface area contributed by atoms with Crippen molar-refractivity contribution in [2.45, 2.75) is 31.3 Å². The Labute approximate surface area is 113 Å². The van der Waals surface area contributed by atoms with Gasteiger partial charge in [-0.15, -0.1) is 0 Å². The summed E-state index contributed by atoms with van der Waals surface area (Å²) in [5.41, 5.74) is 0. The Balaban J connectivity index is 2.04. The molecular formula is C12H23NO6. The molecule has 1 saturated heterocycles. The van der Waals surface area contributed by atoms with E-state index < -0.39 is 12.4 Å². The third kappa shape index (κ3) is 6.84. The summed E-state index contributed by atoms with van der Waals surface area (Å²) in [7, 11) is 1.68. The lowest BCUT2D eigenvalue weighted by molar-refractivity contribution is -0.225. The van der Waals surface area contributed by atoms with Gasteiger partial charge in [0, 0.05) is 26.4 Å². The van der Waals surface area contributed by atoms with E-state index in [1.807, 2.05) is 0 Å². The summed E-state index contributed by atoms with van der Waals surface area (Å²) >= 11 is 0. The molecule has 0 radical (unpaired) electrons. The number of carbonyl (C=O) groups excluding carboxylic acids is 1. The zero-order valence-electron chi connectivity index (χ0n) is 11.2. The standard InChI is InChI=1S/C12H23NO6/c1-13(9-15)2-3-17-4-5-18-12-7-10(16)6-11(8-14)19-12/h9-12,14,16H,2-8H2,1H3. The van der Waals surface area contributed by atoms with Crippen LogP contribution in [-0.2, 0) is 19.0 Å². The van der Waals surface area contributed by atoms with Gasteiger partial charge in [-0.2, -0.15) is 0 Å². The average molecular weight is 277 g/mol. The molecule has 3 unspecified atom stereocenters. The summed E-state index contributed by atoms with van der Waals surface area (Å²) in [4.78, 5) is 11.8. The maximum Gasteiger partial charge on any atom is 0.209 e. The highest BCUT2D eigenvalue weighted by Crippen LogP contribution is 2.20. The first kappa shape index (κ1) is 16.3. The monoisotopic (exact) mass is 277 g/mol. The second kappa shape index (κ2) is 9.22. The van der Waals surface area contributed by atoms with Gasteiger partial charge in [0.1, 0.15) is 0 Å². The minimum absolute atomic E-state index is 0.120. The van der Waals surface area contributed by atoms with E-state index in [4.69, 9.17) is 19.3 Å². The summed E-state index contributed by atoms with van der Waals surface area (Å²) in [6, 6.07) is 0. The largest absolute Gasteiger partial charge is 0.394 e. The first-order chi connectivity index (χ1) is 9.15. The number of likely N-dealkylation sites (N-methyl/N-ethyl adjacent to an activating group) is 1. The van der Waals surface area contributed by atoms with Crippen LogP contribution in [0.3, 0.4) is 0 Å². The van der Waals surface area contributed by atoms with Gasteiger partial charge in [-0.25, -0.2) is 0 Å². The van der Waals surface area contributed by atoms with E-state index in [9.17, 15) is 9.90 Å². The molecule has 0 bridgehead atoms. The number of ether oxygens (including phenoxy) is 3. The van der Waals surface area contributed by atoms with Crippen LogP contribution in [-0.4, -0.2) is 80.0 Å². The Kier molecular flexibility index (Phi) is 7.92. The number of nitrogens with zero attached hydrogens (tertiary/aromatic N) is 1. The van der Waals surface area contributed by atoms with E-state index in [1.165, 1.54) is 4.90 Å². The maximum atomic E-state index is 10.3. The number of rotatable bonds is 9. The van der Waals surface area contributed by atoms with E-state index in [0.717, 1.165) is 6.41 Å². The lowest BCUT2D eigenvalue weighted by atomic mass is 10.1. The zero-order chi connectivity index (χ0) is 14.1. The van der Waals surface area contributed by atoms with E-state index >= 15 is 0 Å². The van der Waals surface area contributed by atoms with Crippen LogP contribution in [0.4, 0.5) is 0 Å². The first-order valence-corrected chi connectivity index (χ1v) is 6.45. The molecule has 7 nitrogen and oxygen atoms in total. The second-order valence-corrected chi connectivity index (χ2v) is 4.56. The molecule has 3 atom stereocenters. The van der Waals surface area contributed by atoms with Crippen LogP contribution in [0.25, 0.3) is 0 Å². The highest BCUT2D eigenvalue weighted by molar-refractivity contribution is 5.46. The predicted octanol–water partition coefficient (Wildman–Crippen LogP) is -1.03. The van der Waals surface area contributed by atoms with Gasteiger partial charge in [-0.1, -0.05) is 0 Å². The second-order valence-electron chi connectivity index (χ2n) is 4.56. The van der Waals surface area contributed by atoms with Crippen molar-refractivity contribution in [1.29, 1.82) is 0 Å². The van der Waals surface area contributed by atoms with Gasteiger partial charge in [0.15, 0.2) is 6.29 Å². The fourth-order valence-electron chi connectivity index (χ4n) is 1.77. The van der Waals surface area contributed by atoms with Crippen LogP contribution >= 0.6 is 0 Å². The SMILES string of the molecule is CN(C=O)CCOCCOC1CC(O)CC(CO)O1. The van der Waals surface area contributed by atoms with Gasteiger partial charge >= 0.3 is 0 Å². The smallest absolute Gasteiger partial charge is 0.209 e. The number of aliphatic hydroxyl groups excluding tert-OH is 2.